The standard InChI is InChI=1S/C2H6N2O5S/c1-8-2(5)4(3)9-10(6)7/h10H,3H2,1H3. The van der Waals surface area contributed by atoms with Crippen molar-refractivity contribution in [3.8, 4) is 0 Å². The van der Waals surface area contributed by atoms with Gasteiger partial charge in [0.15, 0.2) is 0 Å². The molecule has 0 aliphatic rings. The van der Waals surface area contributed by atoms with Gasteiger partial charge >= 0.3 is 6.09 Å². The van der Waals surface area contributed by atoms with Gasteiger partial charge in [0, 0.05) is 0 Å². The van der Waals surface area contributed by atoms with E-state index in [-0.39, 0.29) is 5.17 Å². The van der Waals surface area contributed by atoms with E-state index in [9.17, 15) is 13.2 Å². The fourth-order valence-corrected chi connectivity index (χ4v) is 0.405. The second-order valence-corrected chi connectivity index (χ2v) is 1.71. The fraction of sp³-hybridized carbons (Fsp3) is 0.500. The summed E-state index contributed by atoms with van der Waals surface area (Å²) in [6.45, 7) is 0. The first-order chi connectivity index (χ1) is 4.57. The van der Waals surface area contributed by atoms with Gasteiger partial charge in [0.25, 0.3) is 11.0 Å². The molecule has 7 nitrogen and oxygen atoms in total. The summed E-state index contributed by atoms with van der Waals surface area (Å²) in [5.74, 6) is 4.68. The van der Waals surface area contributed by atoms with Gasteiger partial charge in [0.2, 0.25) is 0 Å². The van der Waals surface area contributed by atoms with Crippen molar-refractivity contribution in [1.29, 1.82) is 0 Å². The fourth-order valence-electron chi connectivity index (χ4n) is 0.195. The van der Waals surface area contributed by atoms with Gasteiger partial charge in [-0.3, -0.25) is 0 Å². The van der Waals surface area contributed by atoms with E-state index in [0.717, 1.165) is 7.11 Å². The molecule has 0 rings (SSSR count). The smallest absolute Gasteiger partial charge is 0.450 e. The molecule has 10 heavy (non-hydrogen) atoms. The third-order valence-electron chi connectivity index (χ3n) is 0.509. The zero-order chi connectivity index (χ0) is 8.15. The van der Waals surface area contributed by atoms with Crippen LogP contribution in [0.5, 0.6) is 0 Å². The first kappa shape index (κ1) is 9.14. The molecule has 0 aromatic heterocycles. The van der Waals surface area contributed by atoms with Crippen LogP contribution < -0.4 is 5.84 Å². The highest BCUT2D eigenvalue weighted by Crippen LogP contribution is 1.84. The first-order valence-electron chi connectivity index (χ1n) is 2.03. The number of rotatable bonds is 2. The number of nitrogens with two attached hydrogens (primary N) is 1. The molecular weight excluding hydrogens is 164 g/mol. The van der Waals surface area contributed by atoms with Crippen molar-refractivity contribution in [2.75, 3.05) is 7.11 Å². The monoisotopic (exact) mass is 170 g/mol. The Balaban J connectivity index is 3.84. The number of thiol groups is 1. The molecule has 0 saturated carbocycles. The summed E-state index contributed by atoms with van der Waals surface area (Å²) in [5, 5.41) is -0.0360. The molecule has 0 fully saturated rings. The normalized spacial score (nSPS) is 9.50. The Morgan fingerprint density at radius 2 is 2.10 bits per heavy atom. The summed E-state index contributed by atoms with van der Waals surface area (Å²) < 4.78 is 27.1. The molecule has 0 atom stereocenters. The number of hydroxylamine groups is 1. The predicted octanol–water partition coefficient (Wildman–Crippen LogP) is -1.61. The Labute approximate surface area is 58.4 Å². The number of ether oxygens (including phenoxy) is 1. The van der Waals surface area contributed by atoms with E-state index in [2.05, 4.69) is 14.9 Å². The molecule has 0 unspecified atom stereocenters. The second kappa shape index (κ2) is 4.04. The topological polar surface area (TPSA) is 98.9 Å². The summed E-state index contributed by atoms with van der Waals surface area (Å²) in [6, 6.07) is 0. The number of carbonyl (C=O) groups is 1. The van der Waals surface area contributed by atoms with E-state index in [1.165, 1.54) is 0 Å². The minimum atomic E-state index is -3.18. The number of methoxy groups -OCH3 is 1. The first-order valence-corrected chi connectivity index (χ1v) is 3.12. The van der Waals surface area contributed by atoms with Gasteiger partial charge in [-0.1, -0.05) is 5.17 Å². The molecular formula is C2H6N2O5S. The van der Waals surface area contributed by atoms with E-state index in [1.807, 2.05) is 0 Å². The molecule has 0 heterocycles. The Bertz CT molecular complexity index is 180. The maximum Gasteiger partial charge on any atom is 0.450 e. The van der Waals surface area contributed by atoms with Gasteiger partial charge in [-0.05, 0) is 0 Å². The quantitative estimate of drug-likeness (QED) is 0.224. The average molecular weight is 170 g/mol. The number of hydrogen-bond donors (Lipinski definition) is 2. The zero-order valence-electron chi connectivity index (χ0n) is 5.01. The van der Waals surface area contributed by atoms with Crippen LogP contribution in [0, 0.1) is 0 Å². The summed E-state index contributed by atoms with van der Waals surface area (Å²) in [7, 11) is -2.15. The Kier molecular flexibility index (Phi) is 3.69. The molecule has 0 aliphatic heterocycles. The molecule has 0 aromatic carbocycles. The van der Waals surface area contributed by atoms with Gasteiger partial charge in [0.05, 0.1) is 7.11 Å². The van der Waals surface area contributed by atoms with Crippen LogP contribution in [0.25, 0.3) is 0 Å². The van der Waals surface area contributed by atoms with Gasteiger partial charge < -0.3 is 4.74 Å². The van der Waals surface area contributed by atoms with Crippen LogP contribution in [0.1, 0.15) is 0 Å². The lowest BCUT2D eigenvalue weighted by molar-refractivity contribution is -0.0336. The lowest BCUT2D eigenvalue weighted by Gasteiger charge is -2.07. The van der Waals surface area contributed by atoms with E-state index >= 15 is 0 Å². The SMILES string of the molecule is COC(=O)N(N)O[SH](=O)=O. The molecule has 0 spiro atoms. The van der Waals surface area contributed by atoms with Crippen LogP contribution >= 0.6 is 0 Å². The van der Waals surface area contributed by atoms with E-state index < -0.39 is 17.1 Å². The zero-order valence-corrected chi connectivity index (χ0v) is 5.91. The van der Waals surface area contributed by atoms with Gasteiger partial charge in [0.1, 0.15) is 0 Å². The van der Waals surface area contributed by atoms with Crippen molar-refractivity contribution in [2.24, 2.45) is 5.84 Å². The minimum Gasteiger partial charge on any atom is -0.450 e. The molecule has 0 aliphatic carbocycles. The molecule has 1 amide bonds. The van der Waals surface area contributed by atoms with Crippen molar-refractivity contribution in [1.82, 2.24) is 5.17 Å². The molecule has 8 heteroatoms. The highest BCUT2D eigenvalue weighted by atomic mass is 32.2. The van der Waals surface area contributed by atoms with Crippen LogP contribution in [-0.2, 0) is 20.0 Å². The highest BCUT2D eigenvalue weighted by molar-refractivity contribution is 7.67. The number of nitrogens with zero attached hydrogens (tertiary/aromatic N) is 1. The van der Waals surface area contributed by atoms with Gasteiger partial charge in [-0.2, -0.15) is 0 Å². The van der Waals surface area contributed by atoms with Gasteiger partial charge in [-0.25, -0.2) is 19.1 Å². The molecule has 0 saturated heterocycles. The lowest BCUT2D eigenvalue weighted by atomic mass is 11.2. The van der Waals surface area contributed by atoms with Crippen molar-refractivity contribution in [3.05, 3.63) is 0 Å². The van der Waals surface area contributed by atoms with Crippen molar-refractivity contribution in [3.63, 3.8) is 0 Å². The Morgan fingerprint density at radius 3 is 2.40 bits per heavy atom. The van der Waals surface area contributed by atoms with Gasteiger partial charge in [-0.15, -0.1) is 4.28 Å². The van der Waals surface area contributed by atoms with Crippen molar-refractivity contribution < 1.29 is 22.2 Å². The Morgan fingerprint density at radius 1 is 1.60 bits per heavy atom. The van der Waals surface area contributed by atoms with Crippen molar-refractivity contribution in [2.45, 2.75) is 0 Å². The molecule has 2 N–H and O–H groups in total. The summed E-state index contributed by atoms with van der Waals surface area (Å²) in [6.07, 6.45) is -1.10. The third-order valence-corrected chi connectivity index (χ3v) is 0.818. The van der Waals surface area contributed by atoms with Crippen LogP contribution in [0.15, 0.2) is 0 Å². The third kappa shape index (κ3) is 3.22. The number of hydrogen-bond acceptors (Lipinski definition) is 6. The Hall–Kier alpha value is -0.860. The largest absolute Gasteiger partial charge is 0.450 e. The summed E-state index contributed by atoms with van der Waals surface area (Å²) >= 11 is 0. The molecule has 0 aromatic rings. The maximum atomic E-state index is 10.2. The number of hydrazine groups is 1. The summed E-state index contributed by atoms with van der Waals surface area (Å²) in [5.41, 5.74) is 0. The predicted molar refractivity (Wildman–Crippen MR) is 29.8 cm³/mol. The highest BCUT2D eigenvalue weighted by Gasteiger charge is 2.09. The average Bonchev–Trinajstić information content (AvgIpc) is 1.85. The van der Waals surface area contributed by atoms with Crippen LogP contribution in [0.3, 0.4) is 0 Å². The van der Waals surface area contributed by atoms with Crippen LogP contribution in [-0.4, -0.2) is 26.8 Å². The number of carbonyl (C=O) groups excluding carboxylic acids is 1. The molecule has 0 radical (unpaired) electrons. The molecule has 60 valence electrons. The van der Waals surface area contributed by atoms with Crippen LogP contribution in [0.4, 0.5) is 4.79 Å². The van der Waals surface area contributed by atoms with Crippen LogP contribution in [0.2, 0.25) is 0 Å². The van der Waals surface area contributed by atoms with E-state index in [4.69, 9.17) is 0 Å². The van der Waals surface area contributed by atoms with E-state index in [0.29, 0.717) is 0 Å². The van der Waals surface area contributed by atoms with E-state index in [1.54, 1.807) is 0 Å². The van der Waals surface area contributed by atoms with Crippen molar-refractivity contribution >= 4 is 17.1 Å². The maximum absolute atomic E-state index is 10.2. The minimum absolute atomic E-state index is 0.0360. The summed E-state index contributed by atoms with van der Waals surface area (Å²) in [4.78, 5) is 10.2. The lowest BCUT2D eigenvalue weighted by Crippen LogP contribution is -2.36. The second-order valence-electron chi connectivity index (χ2n) is 1.10. The number of amides is 1. The molecule has 0 bridgehead atoms.